The van der Waals surface area contributed by atoms with E-state index in [1.165, 1.54) is 16.7 Å². The summed E-state index contributed by atoms with van der Waals surface area (Å²) in [5.74, 6) is 0. The van der Waals surface area contributed by atoms with E-state index in [2.05, 4.69) is 102 Å². The van der Waals surface area contributed by atoms with Crippen molar-refractivity contribution < 1.29 is 0 Å². The van der Waals surface area contributed by atoms with E-state index in [0.29, 0.717) is 0 Å². The quantitative estimate of drug-likeness (QED) is 0.366. The van der Waals surface area contributed by atoms with E-state index in [1.807, 2.05) is 26.1 Å². The molecular weight excluding hydrogens is 418 g/mol. The molecule has 0 aliphatic carbocycles. The molecule has 0 amide bonds. The number of hydrogen-bond donors (Lipinski definition) is 3. The fraction of sp³-hybridized carbons (Fsp3) is 0.241. The minimum atomic E-state index is 0.861. The Labute approximate surface area is 202 Å². The van der Waals surface area contributed by atoms with Crippen LogP contribution in [-0.4, -0.2) is 25.4 Å². The number of aryl methyl sites for hydroxylation is 1. The molecule has 34 heavy (non-hydrogen) atoms. The maximum Gasteiger partial charge on any atom is 0.116 e. The van der Waals surface area contributed by atoms with Crippen LogP contribution in [-0.2, 0) is 0 Å². The molecule has 0 radical (unpaired) electrons. The van der Waals surface area contributed by atoms with Crippen LogP contribution < -0.4 is 10.6 Å². The minimum Gasteiger partial charge on any atom is -0.357 e. The van der Waals surface area contributed by atoms with Gasteiger partial charge in [0.25, 0.3) is 0 Å². The minimum absolute atomic E-state index is 0.861. The van der Waals surface area contributed by atoms with Gasteiger partial charge in [-0.1, -0.05) is 55.5 Å². The molecule has 0 saturated carbocycles. The first kappa shape index (κ1) is 24.8. The number of nitrogens with one attached hydrogen (secondary N) is 3. The second-order valence-electron chi connectivity index (χ2n) is 8.26. The molecule has 3 heterocycles. The highest BCUT2D eigenvalue weighted by molar-refractivity contribution is 5.88. The van der Waals surface area contributed by atoms with Crippen LogP contribution in [0.1, 0.15) is 57.9 Å². The van der Waals surface area contributed by atoms with Gasteiger partial charge in [-0.05, 0) is 69.9 Å². The molecule has 0 aliphatic heterocycles. The van der Waals surface area contributed by atoms with Gasteiger partial charge in [-0.25, -0.2) is 0 Å². The third-order valence-corrected chi connectivity index (χ3v) is 5.93. The Morgan fingerprint density at radius 1 is 1.18 bits per heavy atom. The van der Waals surface area contributed by atoms with Crippen LogP contribution in [0.5, 0.6) is 0 Å². The maximum atomic E-state index is 4.65. The Hall–Kier alpha value is -3.86. The van der Waals surface area contributed by atoms with E-state index in [1.54, 1.807) is 6.20 Å². The van der Waals surface area contributed by atoms with Crippen molar-refractivity contribution in [1.29, 1.82) is 0 Å². The first-order chi connectivity index (χ1) is 16.4. The molecule has 5 heteroatoms. The average molecular weight is 454 g/mol. The molecule has 0 spiro atoms. The summed E-state index contributed by atoms with van der Waals surface area (Å²) in [6.45, 7) is 16.8. The first-order valence-corrected chi connectivity index (χ1v) is 11.7. The SMILES string of the molecule is C=C(/C=c1/c(-c2cc(C(=C\C=C(/C)CC)/C(/C=C\C)=C/C)c(C)[nH]2)n[nH]/c1=C/C)c1cn[nH]c1. The predicted octanol–water partition coefficient (Wildman–Crippen LogP) is 5.99. The number of aromatic amines is 3. The summed E-state index contributed by atoms with van der Waals surface area (Å²) in [4.78, 5) is 3.57. The van der Waals surface area contributed by atoms with E-state index >= 15 is 0 Å². The van der Waals surface area contributed by atoms with Crippen molar-refractivity contribution in [1.82, 2.24) is 25.4 Å². The number of rotatable bonds is 8. The van der Waals surface area contributed by atoms with Crippen molar-refractivity contribution in [3.63, 3.8) is 0 Å². The van der Waals surface area contributed by atoms with Crippen molar-refractivity contribution in [2.24, 2.45) is 0 Å². The molecule has 0 atom stereocenters. The molecule has 0 bridgehead atoms. The topological polar surface area (TPSA) is 73.2 Å². The average Bonchev–Trinajstić information content (AvgIpc) is 3.58. The lowest BCUT2D eigenvalue weighted by atomic mass is 9.96. The first-order valence-electron chi connectivity index (χ1n) is 11.7. The monoisotopic (exact) mass is 453 g/mol. The Kier molecular flexibility index (Phi) is 8.25. The zero-order valence-corrected chi connectivity index (χ0v) is 21.1. The van der Waals surface area contributed by atoms with Gasteiger partial charge >= 0.3 is 0 Å². The molecule has 0 aliphatic rings. The van der Waals surface area contributed by atoms with Crippen molar-refractivity contribution in [3.05, 3.63) is 94.0 Å². The lowest BCUT2D eigenvalue weighted by molar-refractivity contribution is 1.06. The van der Waals surface area contributed by atoms with Crippen LogP contribution in [0.4, 0.5) is 0 Å². The maximum absolute atomic E-state index is 4.65. The van der Waals surface area contributed by atoms with Crippen molar-refractivity contribution in [2.75, 3.05) is 0 Å². The smallest absolute Gasteiger partial charge is 0.116 e. The normalized spacial score (nSPS) is 14.6. The molecular formula is C29H35N5. The number of allylic oxidation sites excluding steroid dienone is 9. The second-order valence-corrected chi connectivity index (χ2v) is 8.26. The number of H-pyrrole nitrogens is 3. The standard InChI is InChI=1S/C29H35N5/c1-8-12-22(10-3)24(14-13-19(5)9-2)25-16-28(32-21(25)7)29-26(27(11-4)33-34-29)15-20(6)23-17-30-31-18-23/h8,10-18,32-33H,6,9H2,1-5,7H3,(H,30,31)/b12-8-,19-13+,22-10+,24-14-,26-15+,27-11+. The molecule has 3 N–H and O–H groups in total. The van der Waals surface area contributed by atoms with Crippen molar-refractivity contribution in [3.8, 4) is 11.4 Å². The summed E-state index contributed by atoms with van der Waals surface area (Å²) in [7, 11) is 0. The van der Waals surface area contributed by atoms with Gasteiger partial charge in [0.1, 0.15) is 5.69 Å². The zero-order chi connectivity index (χ0) is 24.7. The predicted molar refractivity (Wildman–Crippen MR) is 145 cm³/mol. The fourth-order valence-electron chi connectivity index (χ4n) is 3.79. The fourth-order valence-corrected chi connectivity index (χ4v) is 3.79. The van der Waals surface area contributed by atoms with Crippen molar-refractivity contribution >= 4 is 23.3 Å². The third-order valence-electron chi connectivity index (χ3n) is 5.93. The van der Waals surface area contributed by atoms with Gasteiger partial charge in [0.05, 0.1) is 17.2 Å². The second kappa shape index (κ2) is 11.3. The summed E-state index contributed by atoms with van der Waals surface area (Å²) in [5.41, 5.74) is 9.59. The van der Waals surface area contributed by atoms with E-state index < -0.39 is 0 Å². The summed E-state index contributed by atoms with van der Waals surface area (Å²) in [6.07, 6.45) is 19.5. The van der Waals surface area contributed by atoms with Crippen molar-refractivity contribution in [2.45, 2.75) is 48.0 Å². The lowest BCUT2D eigenvalue weighted by Crippen LogP contribution is -2.23. The highest BCUT2D eigenvalue weighted by atomic mass is 15.1. The van der Waals surface area contributed by atoms with Crippen LogP contribution in [0.2, 0.25) is 0 Å². The van der Waals surface area contributed by atoms with Crippen LogP contribution in [0.25, 0.3) is 34.7 Å². The van der Waals surface area contributed by atoms with Crippen LogP contribution in [0.3, 0.4) is 0 Å². The van der Waals surface area contributed by atoms with Gasteiger partial charge in [0, 0.05) is 28.2 Å². The highest BCUT2D eigenvalue weighted by Crippen LogP contribution is 2.30. The van der Waals surface area contributed by atoms with Gasteiger partial charge in [0.15, 0.2) is 0 Å². The van der Waals surface area contributed by atoms with Crippen LogP contribution in [0.15, 0.2) is 66.6 Å². The van der Waals surface area contributed by atoms with Gasteiger partial charge in [-0.2, -0.15) is 10.2 Å². The highest BCUT2D eigenvalue weighted by Gasteiger charge is 2.15. The molecule has 0 saturated heterocycles. The Morgan fingerprint density at radius 2 is 1.97 bits per heavy atom. The summed E-state index contributed by atoms with van der Waals surface area (Å²) < 4.78 is 0. The Morgan fingerprint density at radius 3 is 2.59 bits per heavy atom. The molecule has 3 aromatic heterocycles. The molecule has 3 rings (SSSR count). The van der Waals surface area contributed by atoms with Gasteiger partial charge in [-0.15, -0.1) is 0 Å². The van der Waals surface area contributed by atoms with Crippen LogP contribution >= 0.6 is 0 Å². The van der Waals surface area contributed by atoms with Gasteiger partial charge in [-0.3, -0.25) is 10.2 Å². The third kappa shape index (κ3) is 5.37. The van der Waals surface area contributed by atoms with E-state index in [9.17, 15) is 0 Å². The lowest BCUT2D eigenvalue weighted by Gasteiger charge is -2.08. The Balaban J connectivity index is 2.18. The summed E-state index contributed by atoms with van der Waals surface area (Å²) >= 11 is 0. The van der Waals surface area contributed by atoms with E-state index in [0.717, 1.165) is 50.8 Å². The zero-order valence-electron chi connectivity index (χ0n) is 21.1. The molecule has 0 fully saturated rings. The number of hydrogen-bond acceptors (Lipinski definition) is 2. The van der Waals surface area contributed by atoms with Gasteiger partial charge in [0.2, 0.25) is 0 Å². The number of aromatic nitrogens is 5. The number of nitrogens with zero attached hydrogens (tertiary/aromatic N) is 2. The summed E-state index contributed by atoms with van der Waals surface area (Å²) in [5, 5.41) is 16.7. The molecule has 3 aromatic rings. The molecule has 5 nitrogen and oxygen atoms in total. The van der Waals surface area contributed by atoms with E-state index in [-0.39, 0.29) is 0 Å². The Bertz CT molecular complexity index is 1380. The molecule has 0 unspecified atom stereocenters. The largest absolute Gasteiger partial charge is 0.357 e. The molecule has 0 aromatic carbocycles. The van der Waals surface area contributed by atoms with Crippen LogP contribution in [0, 0.1) is 6.92 Å². The van der Waals surface area contributed by atoms with Gasteiger partial charge < -0.3 is 4.98 Å². The summed E-state index contributed by atoms with van der Waals surface area (Å²) in [6, 6.07) is 2.19. The van der Waals surface area contributed by atoms with E-state index in [4.69, 9.17) is 0 Å². The molecule has 176 valence electrons.